The van der Waals surface area contributed by atoms with E-state index in [1.807, 2.05) is 30.3 Å². The summed E-state index contributed by atoms with van der Waals surface area (Å²) in [6.45, 7) is 0. The lowest BCUT2D eigenvalue weighted by Crippen LogP contribution is -2.23. The van der Waals surface area contributed by atoms with Gasteiger partial charge in [-0.15, -0.1) is 0 Å². The predicted molar refractivity (Wildman–Crippen MR) is 142 cm³/mol. The highest BCUT2D eigenvalue weighted by atomic mass is 32.2. The van der Waals surface area contributed by atoms with Crippen LogP contribution in [0.1, 0.15) is 21.3 Å². The van der Waals surface area contributed by atoms with Gasteiger partial charge in [0.25, 0.3) is 0 Å². The van der Waals surface area contributed by atoms with Crippen LogP contribution in [0.25, 0.3) is 22.3 Å². The number of rotatable bonds is 8. The molecule has 38 heavy (non-hydrogen) atoms. The molecule has 0 amide bonds. The third kappa shape index (κ3) is 4.43. The zero-order chi connectivity index (χ0) is 26.9. The molecule has 0 spiro atoms. The molecule has 1 atom stereocenters. The zero-order valence-electron chi connectivity index (χ0n) is 20.4. The van der Waals surface area contributed by atoms with Crippen LogP contribution in [0.3, 0.4) is 0 Å². The first kappa shape index (κ1) is 24.9. The van der Waals surface area contributed by atoms with Crippen LogP contribution in [0, 0.1) is 0 Å². The molecule has 0 aliphatic heterocycles. The van der Waals surface area contributed by atoms with E-state index in [4.69, 9.17) is 4.74 Å². The molecule has 0 saturated heterocycles. The summed E-state index contributed by atoms with van der Waals surface area (Å²) < 4.78 is 34.7. The van der Waals surface area contributed by atoms with Crippen LogP contribution in [-0.4, -0.2) is 46.4 Å². The normalized spacial score (nSPS) is 12.3. The predicted octanol–water partition coefficient (Wildman–Crippen LogP) is 4.32. The minimum Gasteiger partial charge on any atom is -0.497 e. The minimum absolute atomic E-state index is 0.0243. The van der Waals surface area contributed by atoms with E-state index in [0.29, 0.717) is 28.0 Å². The third-order valence-corrected chi connectivity index (χ3v) is 8.03. The van der Waals surface area contributed by atoms with E-state index in [1.165, 1.54) is 42.5 Å². The van der Waals surface area contributed by atoms with E-state index in [-0.39, 0.29) is 16.1 Å². The molecule has 1 unspecified atom stereocenters. The summed E-state index contributed by atoms with van der Waals surface area (Å²) in [5.41, 5.74) is 1.80. The number of hydrogen-bond acceptors (Lipinski definition) is 8. The Hall–Kier alpha value is -4.77. The molecule has 0 saturated carbocycles. The van der Waals surface area contributed by atoms with Crippen LogP contribution in [-0.2, 0) is 16.9 Å². The molecule has 0 fully saturated rings. The largest absolute Gasteiger partial charge is 0.497 e. The summed E-state index contributed by atoms with van der Waals surface area (Å²) in [7, 11) is -0.923. The highest BCUT2D eigenvalue weighted by Crippen LogP contribution is 2.39. The van der Waals surface area contributed by atoms with Crippen molar-refractivity contribution < 1.29 is 23.1 Å². The molecule has 0 radical (unpaired) electrons. The Balaban J connectivity index is 1.76. The highest BCUT2D eigenvalue weighted by molar-refractivity contribution is 7.91. The quantitative estimate of drug-likeness (QED) is 0.301. The molecule has 2 N–H and O–H groups in total. The van der Waals surface area contributed by atoms with Gasteiger partial charge < -0.3 is 15.2 Å². The summed E-state index contributed by atoms with van der Waals surface area (Å²) in [5, 5.41) is 16.7. The lowest BCUT2D eigenvalue weighted by molar-refractivity contribution is 0.0697. The number of ether oxygens (including phenoxy) is 1. The van der Waals surface area contributed by atoms with Crippen molar-refractivity contribution in [3.63, 3.8) is 0 Å². The van der Waals surface area contributed by atoms with Crippen LogP contribution in [0.4, 0.5) is 5.69 Å². The number of sulfone groups is 1. The molecule has 0 bridgehead atoms. The topological polar surface area (TPSA) is 136 Å². The average molecular weight is 530 g/mol. The van der Waals surface area contributed by atoms with Crippen molar-refractivity contribution in [3.05, 3.63) is 96.4 Å². The Morgan fingerprint density at radius 2 is 1.76 bits per heavy atom. The lowest BCUT2D eigenvalue weighted by atomic mass is 10.1. The fraction of sp³-hybridized carbons (Fsp3) is 0.111. The van der Waals surface area contributed by atoms with Gasteiger partial charge in [0.05, 0.1) is 23.1 Å². The highest BCUT2D eigenvalue weighted by Gasteiger charge is 2.33. The molecule has 2 aromatic carbocycles. The molecule has 10 nitrogen and oxygen atoms in total. The van der Waals surface area contributed by atoms with Crippen molar-refractivity contribution in [1.29, 1.82) is 0 Å². The first-order chi connectivity index (χ1) is 18.3. The van der Waals surface area contributed by atoms with Crippen molar-refractivity contribution in [2.24, 2.45) is 7.05 Å². The standard InChI is InChI=1S/C27H23N5O5S/c1-32-25-22(23(31-32)17-7-4-3-5-8-17)24(21(16-29-25)27(33)34)30-26(18-9-6-14-28-15-18)38(35,36)20-12-10-19(37-2)11-13-20/h3-16,26H,1-2H3,(H,29,30)(H,33,34). The third-order valence-electron chi connectivity index (χ3n) is 6.09. The second-order valence-corrected chi connectivity index (χ2v) is 10.5. The molecule has 0 aliphatic carbocycles. The summed E-state index contributed by atoms with van der Waals surface area (Å²) in [5.74, 6) is -0.766. The lowest BCUT2D eigenvalue weighted by Gasteiger charge is -2.22. The van der Waals surface area contributed by atoms with Gasteiger partial charge >= 0.3 is 5.97 Å². The second kappa shape index (κ2) is 9.94. The maximum absolute atomic E-state index is 14.0. The number of anilines is 1. The first-order valence-electron chi connectivity index (χ1n) is 11.5. The number of nitrogens with zero attached hydrogens (tertiary/aromatic N) is 4. The smallest absolute Gasteiger partial charge is 0.339 e. The van der Waals surface area contributed by atoms with Gasteiger partial charge in [-0.25, -0.2) is 22.9 Å². The fourth-order valence-electron chi connectivity index (χ4n) is 4.23. The van der Waals surface area contributed by atoms with Gasteiger partial charge in [0.2, 0.25) is 9.84 Å². The number of carboxylic acid groups (broad SMARTS) is 1. The number of aromatic carboxylic acids is 1. The summed E-state index contributed by atoms with van der Waals surface area (Å²) >= 11 is 0. The van der Waals surface area contributed by atoms with Gasteiger partial charge in [-0.3, -0.25) is 4.98 Å². The molecule has 5 rings (SSSR count). The van der Waals surface area contributed by atoms with Crippen molar-refractivity contribution in [2.45, 2.75) is 10.3 Å². The number of carbonyl (C=O) groups is 1. The molecular weight excluding hydrogens is 506 g/mol. The summed E-state index contributed by atoms with van der Waals surface area (Å²) in [6, 6.07) is 18.4. The van der Waals surface area contributed by atoms with Crippen LogP contribution in [0.2, 0.25) is 0 Å². The number of aryl methyl sites for hydroxylation is 1. The molecule has 5 aromatic rings. The Bertz CT molecular complexity index is 1720. The van der Waals surface area contributed by atoms with Crippen LogP contribution < -0.4 is 10.1 Å². The van der Waals surface area contributed by atoms with Gasteiger partial charge in [-0.2, -0.15) is 5.10 Å². The van der Waals surface area contributed by atoms with Crippen molar-refractivity contribution in [2.75, 3.05) is 12.4 Å². The monoisotopic (exact) mass is 529 g/mol. The van der Waals surface area contributed by atoms with Gasteiger partial charge in [0.1, 0.15) is 17.0 Å². The van der Waals surface area contributed by atoms with Gasteiger partial charge in [-0.1, -0.05) is 36.4 Å². The number of nitrogens with one attached hydrogen (secondary N) is 1. The van der Waals surface area contributed by atoms with Gasteiger partial charge in [-0.05, 0) is 30.3 Å². The van der Waals surface area contributed by atoms with E-state index in [0.717, 1.165) is 5.56 Å². The van der Waals surface area contributed by atoms with Crippen LogP contribution in [0.15, 0.2) is 90.2 Å². The number of aromatic nitrogens is 4. The van der Waals surface area contributed by atoms with E-state index >= 15 is 0 Å². The first-order valence-corrected chi connectivity index (χ1v) is 13.0. The molecule has 11 heteroatoms. The molecule has 3 aromatic heterocycles. The molecule has 0 aliphatic rings. The maximum Gasteiger partial charge on any atom is 0.339 e. The number of fused-ring (bicyclic) bond motifs is 1. The van der Waals surface area contributed by atoms with Gasteiger partial charge in [0, 0.05) is 36.8 Å². The average Bonchev–Trinajstić information content (AvgIpc) is 3.29. The number of methoxy groups -OCH3 is 1. The summed E-state index contributed by atoms with van der Waals surface area (Å²) in [6.07, 6.45) is 4.16. The van der Waals surface area contributed by atoms with Crippen molar-refractivity contribution >= 4 is 32.5 Å². The number of hydrogen-bond donors (Lipinski definition) is 2. The molecule has 192 valence electrons. The summed E-state index contributed by atoms with van der Waals surface area (Å²) in [4.78, 5) is 20.8. The number of carboxylic acids is 1. The van der Waals surface area contributed by atoms with Crippen LogP contribution in [0.5, 0.6) is 5.75 Å². The van der Waals surface area contributed by atoms with E-state index < -0.39 is 21.2 Å². The fourth-order valence-corrected chi connectivity index (χ4v) is 5.79. The maximum atomic E-state index is 14.0. The van der Waals surface area contributed by atoms with E-state index in [1.54, 1.807) is 31.3 Å². The van der Waals surface area contributed by atoms with E-state index in [2.05, 4.69) is 20.4 Å². The Kier molecular flexibility index (Phi) is 6.52. The molecule has 3 heterocycles. The molecular formula is C27H23N5O5S. The van der Waals surface area contributed by atoms with Crippen molar-refractivity contribution in [3.8, 4) is 17.0 Å². The Morgan fingerprint density at radius 3 is 2.39 bits per heavy atom. The minimum atomic E-state index is -4.11. The van der Waals surface area contributed by atoms with E-state index in [9.17, 15) is 18.3 Å². The van der Waals surface area contributed by atoms with Gasteiger partial charge in [0.15, 0.2) is 11.0 Å². The number of benzene rings is 2. The zero-order valence-corrected chi connectivity index (χ0v) is 21.3. The van der Waals surface area contributed by atoms with Crippen molar-refractivity contribution in [1.82, 2.24) is 19.7 Å². The Labute approximate surface area is 218 Å². The Morgan fingerprint density at radius 1 is 1.03 bits per heavy atom. The SMILES string of the molecule is COc1ccc(S(=O)(=O)C(Nc2c(C(=O)O)cnc3c2c(-c2ccccc2)nn3C)c2cccnc2)cc1. The van der Waals surface area contributed by atoms with Crippen LogP contribution >= 0.6 is 0 Å². The number of pyridine rings is 2. The second-order valence-electron chi connectivity index (χ2n) is 8.42.